The summed E-state index contributed by atoms with van der Waals surface area (Å²) in [5.41, 5.74) is 4.59. The van der Waals surface area contributed by atoms with Gasteiger partial charge < -0.3 is 15.6 Å². The Labute approximate surface area is 130 Å². The molecule has 0 aliphatic heterocycles. The van der Waals surface area contributed by atoms with E-state index in [2.05, 4.69) is 15.9 Å². The molecule has 1 aromatic carbocycles. The molecule has 8 heteroatoms. The highest BCUT2D eigenvalue weighted by Gasteiger charge is 2.32. The predicted molar refractivity (Wildman–Crippen MR) is 80.5 cm³/mol. The second-order valence-corrected chi connectivity index (χ2v) is 6.10. The average molecular weight is 361 g/mol. The summed E-state index contributed by atoms with van der Waals surface area (Å²) in [7, 11) is 0. The zero-order valence-electron chi connectivity index (χ0n) is 11.9. The lowest BCUT2D eigenvalue weighted by Crippen LogP contribution is -2.47. The molecule has 0 spiro atoms. The molecule has 0 amide bonds. The number of aliphatic carboxylic acids is 1. The van der Waals surface area contributed by atoms with Gasteiger partial charge in [-0.15, -0.1) is 0 Å². The van der Waals surface area contributed by atoms with Crippen LogP contribution in [0.1, 0.15) is 25.8 Å². The first kappa shape index (κ1) is 17.4. The van der Waals surface area contributed by atoms with Crippen LogP contribution >= 0.6 is 15.9 Å². The fourth-order valence-corrected chi connectivity index (χ4v) is 2.49. The third-order valence-electron chi connectivity index (χ3n) is 2.94. The van der Waals surface area contributed by atoms with Crippen molar-refractivity contribution in [3.63, 3.8) is 0 Å². The second-order valence-electron chi connectivity index (χ2n) is 5.18. The minimum atomic E-state index is -1.46. The number of aryl methyl sites for hydroxylation is 1. The SMILES string of the molecule is Cc1cc(Br)cc([N+](=O)[O-])c1OC(C)CC(C)(N)C(=O)O. The van der Waals surface area contributed by atoms with Crippen molar-refractivity contribution in [1.29, 1.82) is 0 Å². The number of rotatable bonds is 6. The van der Waals surface area contributed by atoms with Gasteiger partial charge in [0.25, 0.3) is 0 Å². The van der Waals surface area contributed by atoms with Gasteiger partial charge in [-0.3, -0.25) is 14.9 Å². The van der Waals surface area contributed by atoms with E-state index >= 15 is 0 Å². The van der Waals surface area contributed by atoms with Crippen LogP contribution < -0.4 is 10.5 Å². The first-order valence-corrected chi connectivity index (χ1v) is 6.97. The monoisotopic (exact) mass is 360 g/mol. The maximum absolute atomic E-state index is 11.1. The van der Waals surface area contributed by atoms with E-state index in [0.29, 0.717) is 10.0 Å². The maximum atomic E-state index is 11.1. The third kappa shape index (κ3) is 4.40. The smallest absolute Gasteiger partial charge is 0.323 e. The summed E-state index contributed by atoms with van der Waals surface area (Å²) >= 11 is 3.19. The van der Waals surface area contributed by atoms with Crippen LogP contribution in [0.15, 0.2) is 16.6 Å². The lowest BCUT2D eigenvalue weighted by molar-refractivity contribution is -0.386. The Hall–Kier alpha value is -1.67. The van der Waals surface area contributed by atoms with Crippen LogP contribution in [0.3, 0.4) is 0 Å². The van der Waals surface area contributed by atoms with Gasteiger partial charge in [0.1, 0.15) is 5.54 Å². The number of nitrogens with two attached hydrogens (primary N) is 1. The number of carboxylic acid groups (broad SMARTS) is 1. The molecule has 1 rings (SSSR count). The van der Waals surface area contributed by atoms with Crippen LogP contribution in [-0.4, -0.2) is 27.6 Å². The van der Waals surface area contributed by atoms with Gasteiger partial charge in [-0.1, -0.05) is 15.9 Å². The Morgan fingerprint density at radius 1 is 1.62 bits per heavy atom. The number of carboxylic acids is 1. The Kier molecular flexibility index (Phi) is 5.30. The summed E-state index contributed by atoms with van der Waals surface area (Å²) in [6, 6.07) is 3.03. The summed E-state index contributed by atoms with van der Waals surface area (Å²) in [4.78, 5) is 21.5. The highest BCUT2D eigenvalue weighted by Crippen LogP contribution is 2.35. The zero-order chi connectivity index (χ0) is 16.4. The topological polar surface area (TPSA) is 116 Å². The number of nitro groups is 1. The fourth-order valence-electron chi connectivity index (χ4n) is 1.93. The molecule has 1 aromatic rings. The molecule has 0 fully saturated rings. The summed E-state index contributed by atoms with van der Waals surface area (Å²) in [5, 5.41) is 20.1. The minimum Gasteiger partial charge on any atom is -0.484 e. The van der Waals surface area contributed by atoms with E-state index in [1.54, 1.807) is 19.9 Å². The molecular formula is C13H17BrN2O5. The summed E-state index contributed by atoms with van der Waals surface area (Å²) in [6.45, 7) is 4.68. The number of hydrogen-bond acceptors (Lipinski definition) is 5. The van der Waals surface area contributed by atoms with Crippen LogP contribution in [0.5, 0.6) is 5.75 Å². The Morgan fingerprint density at radius 3 is 2.67 bits per heavy atom. The van der Waals surface area contributed by atoms with E-state index in [1.807, 2.05) is 0 Å². The molecule has 0 aromatic heterocycles. The van der Waals surface area contributed by atoms with Crippen LogP contribution in [0.25, 0.3) is 0 Å². The van der Waals surface area contributed by atoms with Gasteiger partial charge in [-0.05, 0) is 32.4 Å². The molecular weight excluding hydrogens is 344 g/mol. The number of nitrogens with zero attached hydrogens (tertiary/aromatic N) is 1. The van der Waals surface area contributed by atoms with Crippen molar-refractivity contribution in [1.82, 2.24) is 0 Å². The molecule has 0 saturated carbocycles. The van der Waals surface area contributed by atoms with Crippen molar-refractivity contribution in [3.05, 3.63) is 32.3 Å². The Bertz CT molecular complexity index is 574. The number of ether oxygens (including phenoxy) is 1. The van der Waals surface area contributed by atoms with E-state index in [1.165, 1.54) is 13.0 Å². The van der Waals surface area contributed by atoms with Crippen molar-refractivity contribution in [2.45, 2.75) is 38.8 Å². The van der Waals surface area contributed by atoms with Crippen LogP contribution in [0.2, 0.25) is 0 Å². The van der Waals surface area contributed by atoms with Crippen LogP contribution in [0, 0.1) is 17.0 Å². The average Bonchev–Trinajstić information content (AvgIpc) is 2.31. The summed E-state index contributed by atoms with van der Waals surface area (Å²) in [5.74, 6) is -1.03. The number of nitro benzene ring substituents is 1. The zero-order valence-corrected chi connectivity index (χ0v) is 13.5. The van der Waals surface area contributed by atoms with Gasteiger partial charge in [0.2, 0.25) is 0 Å². The molecule has 2 unspecified atom stereocenters. The summed E-state index contributed by atoms with van der Waals surface area (Å²) < 4.78 is 6.14. The molecule has 21 heavy (non-hydrogen) atoms. The molecule has 0 radical (unpaired) electrons. The molecule has 0 bridgehead atoms. The third-order valence-corrected chi connectivity index (χ3v) is 3.39. The van der Waals surface area contributed by atoms with E-state index in [9.17, 15) is 14.9 Å². The molecule has 116 valence electrons. The van der Waals surface area contributed by atoms with Gasteiger partial charge in [-0.25, -0.2) is 0 Å². The molecule has 0 aliphatic rings. The van der Waals surface area contributed by atoms with Gasteiger partial charge in [0, 0.05) is 17.0 Å². The lowest BCUT2D eigenvalue weighted by Gasteiger charge is -2.24. The molecule has 7 nitrogen and oxygen atoms in total. The standard InChI is InChI=1S/C13H17BrN2O5/c1-7-4-9(14)5-10(16(19)20)11(7)21-8(2)6-13(3,15)12(17)18/h4-5,8H,6,15H2,1-3H3,(H,17,18). The maximum Gasteiger partial charge on any atom is 0.323 e. The first-order chi connectivity index (χ1) is 9.54. The Balaban J connectivity index is 3.03. The van der Waals surface area contributed by atoms with Crippen molar-refractivity contribution in [2.75, 3.05) is 0 Å². The largest absolute Gasteiger partial charge is 0.484 e. The second kappa shape index (κ2) is 6.40. The van der Waals surface area contributed by atoms with Crippen molar-refractivity contribution < 1.29 is 19.6 Å². The fraction of sp³-hybridized carbons (Fsp3) is 0.462. The van der Waals surface area contributed by atoms with Crippen LogP contribution in [-0.2, 0) is 4.79 Å². The van der Waals surface area contributed by atoms with Gasteiger partial charge in [-0.2, -0.15) is 0 Å². The normalized spacial score (nSPS) is 15.1. The number of halogens is 1. The highest BCUT2D eigenvalue weighted by atomic mass is 79.9. The first-order valence-electron chi connectivity index (χ1n) is 6.18. The number of hydrogen-bond donors (Lipinski definition) is 2. The van der Waals surface area contributed by atoms with Gasteiger partial charge in [0.05, 0.1) is 11.0 Å². The quantitative estimate of drug-likeness (QED) is 0.594. The summed E-state index contributed by atoms with van der Waals surface area (Å²) in [6.07, 6.45) is -0.565. The van der Waals surface area contributed by atoms with Crippen molar-refractivity contribution in [2.24, 2.45) is 5.73 Å². The van der Waals surface area contributed by atoms with E-state index < -0.39 is 22.5 Å². The van der Waals surface area contributed by atoms with E-state index in [0.717, 1.165) is 0 Å². The molecule has 0 saturated heterocycles. The Morgan fingerprint density at radius 2 is 2.19 bits per heavy atom. The van der Waals surface area contributed by atoms with Crippen molar-refractivity contribution >= 4 is 27.6 Å². The van der Waals surface area contributed by atoms with Crippen LogP contribution in [0.4, 0.5) is 5.69 Å². The molecule has 2 atom stereocenters. The van der Waals surface area contributed by atoms with Gasteiger partial charge in [0.15, 0.2) is 5.75 Å². The highest BCUT2D eigenvalue weighted by molar-refractivity contribution is 9.10. The predicted octanol–water partition coefficient (Wildman–Crippen LogP) is 2.63. The van der Waals surface area contributed by atoms with Gasteiger partial charge >= 0.3 is 11.7 Å². The number of benzene rings is 1. The van der Waals surface area contributed by atoms with E-state index in [4.69, 9.17) is 15.6 Å². The van der Waals surface area contributed by atoms with E-state index in [-0.39, 0.29) is 17.9 Å². The number of carbonyl (C=O) groups is 1. The van der Waals surface area contributed by atoms with Crippen molar-refractivity contribution in [3.8, 4) is 5.75 Å². The molecule has 0 heterocycles. The molecule has 3 N–H and O–H groups in total. The molecule has 0 aliphatic carbocycles. The lowest BCUT2D eigenvalue weighted by atomic mass is 9.96. The minimum absolute atomic E-state index is 0.0228.